The van der Waals surface area contributed by atoms with Crippen molar-refractivity contribution < 1.29 is 0 Å². The third kappa shape index (κ3) is 5.38. The molecule has 1 aromatic heterocycles. The Labute approximate surface area is 323 Å². The van der Waals surface area contributed by atoms with Gasteiger partial charge in [0.2, 0.25) is 0 Å². The molecule has 260 valence electrons. The van der Waals surface area contributed by atoms with Crippen LogP contribution in [0.5, 0.6) is 0 Å². The number of hydrogen-bond donors (Lipinski definition) is 0. The normalized spacial score (nSPS) is 12.8. The van der Waals surface area contributed by atoms with Crippen molar-refractivity contribution in [2.75, 3.05) is 4.90 Å². The highest BCUT2D eigenvalue weighted by molar-refractivity contribution is 7.21. The molecule has 0 N–H and O–H groups in total. The average molecular weight is 720 g/mol. The Hall–Kier alpha value is -7.01. The van der Waals surface area contributed by atoms with E-state index >= 15 is 0 Å². The Kier molecular flexibility index (Phi) is 8.16. The quantitative estimate of drug-likeness (QED) is 0.153. The lowest BCUT2D eigenvalue weighted by Crippen LogP contribution is -2.77. The lowest BCUT2D eigenvalue weighted by molar-refractivity contribution is 0.892. The number of rotatable bonds is 7. The summed E-state index contributed by atoms with van der Waals surface area (Å²) in [7, 11) is -2.72. The summed E-state index contributed by atoms with van der Waals surface area (Å²) in [6, 6.07) is 81.3. The monoisotopic (exact) mass is 719 g/mol. The van der Waals surface area contributed by atoms with Crippen molar-refractivity contribution in [1.29, 1.82) is 0 Å². The fraction of sp³-hybridized carbons (Fsp3) is 0. The summed E-state index contributed by atoms with van der Waals surface area (Å²) in [6.07, 6.45) is 0. The van der Waals surface area contributed by atoms with Crippen LogP contribution in [-0.4, -0.2) is 17.9 Å². The van der Waals surface area contributed by atoms with E-state index in [9.17, 15) is 0 Å². The summed E-state index contributed by atoms with van der Waals surface area (Å²) in [5.74, 6) is 0. The molecule has 0 aliphatic carbocycles. The van der Waals surface area contributed by atoms with E-state index in [1.807, 2.05) is 0 Å². The molecule has 10 rings (SSSR count). The van der Waals surface area contributed by atoms with E-state index in [2.05, 4.69) is 234 Å². The predicted octanol–water partition coefficient (Wildman–Crippen LogP) is 10.0. The second kappa shape index (κ2) is 13.8. The lowest BCUT2D eigenvalue weighted by atomic mass is 9.95. The van der Waals surface area contributed by atoms with Crippen molar-refractivity contribution >= 4 is 45.9 Å². The van der Waals surface area contributed by atoms with Gasteiger partial charge in [-0.25, -0.2) is 4.68 Å². The minimum Gasteiger partial charge on any atom is -0.311 e. The summed E-state index contributed by atoms with van der Waals surface area (Å²) < 4.78 is 2.12. The molecule has 0 amide bonds. The summed E-state index contributed by atoms with van der Waals surface area (Å²) in [5.41, 5.74) is 10.9. The molecular formula is C51H37N3Si. The van der Waals surface area contributed by atoms with Gasteiger partial charge >= 0.3 is 0 Å². The predicted molar refractivity (Wildman–Crippen MR) is 232 cm³/mol. The summed E-state index contributed by atoms with van der Waals surface area (Å²) >= 11 is 0. The van der Waals surface area contributed by atoms with Gasteiger partial charge in [-0.2, -0.15) is 5.10 Å². The maximum absolute atomic E-state index is 5.41. The molecule has 0 spiro atoms. The number of fused-ring (bicyclic) bond motifs is 2. The molecule has 8 aromatic carbocycles. The number of hydrogen-bond acceptors (Lipinski definition) is 2. The zero-order chi connectivity index (χ0) is 36.6. The molecule has 0 unspecified atom stereocenters. The Morgan fingerprint density at radius 2 is 0.800 bits per heavy atom. The van der Waals surface area contributed by atoms with Gasteiger partial charge in [-0.3, -0.25) is 0 Å². The molecule has 0 saturated carbocycles. The maximum Gasteiger partial charge on any atom is 0.184 e. The number of benzene rings is 8. The molecule has 0 fully saturated rings. The standard InChI is InChI=1S/C51H37N3Si/c1-6-21-38(22-7-1)50-49(51(39-23-8-2-9-24-39)54(52-50)41-26-10-3-11-27-41)40-25-20-28-42(37-40)53-45-33-16-18-35-47(45)55(43-29-12-4-13-30-43,44-31-14-5-15-32-44)48-36-19-17-34-46(48)53/h1-37H. The van der Waals surface area contributed by atoms with Crippen LogP contribution in [0.1, 0.15) is 0 Å². The van der Waals surface area contributed by atoms with Crippen LogP contribution in [0.4, 0.5) is 17.1 Å². The van der Waals surface area contributed by atoms with Crippen molar-refractivity contribution in [3.63, 3.8) is 0 Å². The van der Waals surface area contributed by atoms with Gasteiger partial charge in [0.15, 0.2) is 8.07 Å². The molecular weight excluding hydrogens is 683 g/mol. The largest absolute Gasteiger partial charge is 0.311 e. The third-order valence-corrected chi connectivity index (χ3v) is 15.7. The number of anilines is 3. The van der Waals surface area contributed by atoms with Gasteiger partial charge < -0.3 is 4.90 Å². The molecule has 0 radical (unpaired) electrons. The highest BCUT2D eigenvalue weighted by Crippen LogP contribution is 2.44. The van der Waals surface area contributed by atoms with Gasteiger partial charge in [-0.05, 0) is 62.7 Å². The fourth-order valence-electron chi connectivity index (χ4n) is 8.60. The first-order valence-electron chi connectivity index (χ1n) is 18.8. The first-order chi connectivity index (χ1) is 27.3. The Balaban J connectivity index is 1.24. The highest BCUT2D eigenvalue weighted by Gasteiger charge is 2.48. The molecule has 3 nitrogen and oxygen atoms in total. The zero-order valence-corrected chi connectivity index (χ0v) is 31.2. The third-order valence-electron chi connectivity index (χ3n) is 10.9. The Morgan fingerprint density at radius 3 is 1.36 bits per heavy atom. The van der Waals surface area contributed by atoms with E-state index in [4.69, 9.17) is 5.10 Å². The maximum atomic E-state index is 5.41. The highest BCUT2D eigenvalue weighted by atomic mass is 28.3. The second-order valence-corrected chi connectivity index (χ2v) is 17.7. The minimum absolute atomic E-state index is 0.944. The van der Waals surface area contributed by atoms with Gasteiger partial charge in [0.25, 0.3) is 0 Å². The molecule has 0 bridgehead atoms. The number of para-hydroxylation sites is 3. The van der Waals surface area contributed by atoms with Gasteiger partial charge in [0.1, 0.15) is 5.69 Å². The molecule has 0 saturated heterocycles. The molecule has 1 aliphatic rings. The SMILES string of the molecule is c1ccc(-c2nn(-c3ccccc3)c(-c3ccccc3)c2-c2cccc(N3c4ccccc4[Si](c4ccccc4)(c4ccccc4)c4ccccc43)c2)cc1. The van der Waals surface area contributed by atoms with Crippen molar-refractivity contribution in [3.05, 3.63) is 224 Å². The average Bonchev–Trinajstić information content (AvgIpc) is 3.68. The van der Waals surface area contributed by atoms with Crippen LogP contribution in [0.25, 0.3) is 39.3 Å². The van der Waals surface area contributed by atoms with Gasteiger partial charge in [0.05, 0.1) is 11.4 Å². The summed E-state index contributed by atoms with van der Waals surface area (Å²) in [5, 5.41) is 10.9. The number of nitrogens with zero attached hydrogens (tertiary/aromatic N) is 3. The van der Waals surface area contributed by atoms with E-state index < -0.39 is 8.07 Å². The van der Waals surface area contributed by atoms with Crippen molar-refractivity contribution in [2.24, 2.45) is 0 Å². The Bertz CT molecular complexity index is 2660. The molecule has 9 aromatic rings. The molecule has 2 heterocycles. The minimum atomic E-state index is -2.72. The molecule has 4 heteroatoms. The topological polar surface area (TPSA) is 21.1 Å². The van der Waals surface area contributed by atoms with E-state index in [1.165, 1.54) is 32.1 Å². The first kappa shape index (κ1) is 32.6. The van der Waals surface area contributed by atoms with E-state index in [0.29, 0.717) is 0 Å². The summed E-state index contributed by atoms with van der Waals surface area (Å²) in [6.45, 7) is 0. The fourth-order valence-corrected chi connectivity index (χ4v) is 13.7. The first-order valence-corrected chi connectivity index (χ1v) is 20.8. The smallest absolute Gasteiger partial charge is 0.184 e. The second-order valence-electron chi connectivity index (χ2n) is 14.0. The summed E-state index contributed by atoms with van der Waals surface area (Å²) in [4.78, 5) is 2.48. The van der Waals surface area contributed by atoms with Crippen LogP contribution in [0.15, 0.2) is 224 Å². The van der Waals surface area contributed by atoms with Crippen LogP contribution in [0.3, 0.4) is 0 Å². The zero-order valence-electron chi connectivity index (χ0n) is 30.2. The van der Waals surface area contributed by atoms with Crippen molar-refractivity contribution in [2.45, 2.75) is 0 Å². The van der Waals surface area contributed by atoms with Crippen LogP contribution in [0, 0.1) is 0 Å². The van der Waals surface area contributed by atoms with Gasteiger partial charge in [0, 0.05) is 33.8 Å². The van der Waals surface area contributed by atoms with E-state index in [1.54, 1.807) is 0 Å². The van der Waals surface area contributed by atoms with Crippen molar-refractivity contribution in [1.82, 2.24) is 9.78 Å². The van der Waals surface area contributed by atoms with Crippen LogP contribution in [0.2, 0.25) is 0 Å². The molecule has 0 atom stereocenters. The van der Waals surface area contributed by atoms with Gasteiger partial charge in [-0.1, -0.05) is 188 Å². The van der Waals surface area contributed by atoms with Crippen LogP contribution < -0.4 is 25.6 Å². The molecule has 55 heavy (non-hydrogen) atoms. The van der Waals surface area contributed by atoms with E-state index in [-0.39, 0.29) is 0 Å². The van der Waals surface area contributed by atoms with Crippen LogP contribution >= 0.6 is 0 Å². The van der Waals surface area contributed by atoms with Crippen LogP contribution in [-0.2, 0) is 0 Å². The van der Waals surface area contributed by atoms with E-state index in [0.717, 1.165) is 45.0 Å². The van der Waals surface area contributed by atoms with Gasteiger partial charge in [-0.15, -0.1) is 0 Å². The lowest BCUT2D eigenvalue weighted by Gasteiger charge is -2.45. The van der Waals surface area contributed by atoms with Crippen molar-refractivity contribution in [3.8, 4) is 39.3 Å². The number of aromatic nitrogens is 2. The molecule has 1 aliphatic heterocycles. The Morgan fingerprint density at radius 1 is 0.364 bits per heavy atom.